The van der Waals surface area contributed by atoms with Crippen LogP contribution in [0.3, 0.4) is 0 Å². The number of carbonyl (C=O) groups is 1. The Morgan fingerprint density at radius 1 is 1.35 bits per heavy atom. The fourth-order valence-corrected chi connectivity index (χ4v) is 4.18. The molecule has 0 aliphatic carbocycles. The molecule has 2 rings (SSSR count). The molecule has 7 heteroatoms. The van der Waals surface area contributed by atoms with Crippen LogP contribution < -0.4 is 4.74 Å². The lowest BCUT2D eigenvalue weighted by molar-refractivity contribution is -0.140. The molecule has 1 aromatic carbocycles. The highest BCUT2D eigenvalue weighted by Crippen LogP contribution is 2.27. The van der Waals surface area contributed by atoms with Crippen molar-refractivity contribution in [2.75, 3.05) is 13.2 Å². The van der Waals surface area contributed by atoms with Gasteiger partial charge in [-0.3, -0.25) is 4.79 Å². The first-order chi connectivity index (χ1) is 10.8. The summed E-state index contributed by atoms with van der Waals surface area (Å²) in [6, 6.07) is 5.19. The molecule has 6 nitrogen and oxygen atoms in total. The smallest absolute Gasteiger partial charge is 0.322 e. The zero-order valence-corrected chi connectivity index (χ0v) is 14.3. The van der Waals surface area contributed by atoms with Gasteiger partial charge in [-0.25, -0.2) is 8.42 Å². The van der Waals surface area contributed by atoms with Crippen molar-refractivity contribution in [1.29, 1.82) is 0 Å². The molecule has 0 radical (unpaired) electrons. The fraction of sp³-hybridized carbons (Fsp3) is 0.562. The van der Waals surface area contributed by atoms with Crippen molar-refractivity contribution in [2.45, 2.75) is 44.0 Å². The molecule has 0 unspecified atom stereocenters. The summed E-state index contributed by atoms with van der Waals surface area (Å²) in [6.07, 6.45) is 1.84. The van der Waals surface area contributed by atoms with Crippen LogP contribution in [0.25, 0.3) is 0 Å². The summed E-state index contributed by atoms with van der Waals surface area (Å²) in [5.74, 6) is 0.0540. The molecule has 1 N–H and O–H groups in total. The topological polar surface area (TPSA) is 83.9 Å². The van der Waals surface area contributed by atoms with E-state index in [9.17, 15) is 13.2 Å². The van der Waals surface area contributed by atoms with Gasteiger partial charge in [0.05, 0.1) is 11.5 Å². The summed E-state index contributed by atoms with van der Waals surface area (Å²) < 4.78 is 31.8. The molecule has 0 aromatic heterocycles. The summed E-state index contributed by atoms with van der Waals surface area (Å²) in [4.78, 5) is 11.3. The highest BCUT2D eigenvalue weighted by Gasteiger charge is 2.39. The first kappa shape index (κ1) is 17.7. The third kappa shape index (κ3) is 4.23. The lowest BCUT2D eigenvalue weighted by Gasteiger charge is -2.21. The molecule has 0 bridgehead atoms. The summed E-state index contributed by atoms with van der Waals surface area (Å²) in [6.45, 7) is 5.03. The normalized spacial score (nSPS) is 19.2. The lowest BCUT2D eigenvalue weighted by Crippen LogP contribution is -2.40. The van der Waals surface area contributed by atoms with Crippen LogP contribution >= 0.6 is 0 Å². The third-order valence-corrected chi connectivity index (χ3v) is 5.81. The van der Waals surface area contributed by atoms with E-state index in [1.807, 2.05) is 0 Å². The lowest BCUT2D eigenvalue weighted by atomic mass is 10.1. The first-order valence-corrected chi connectivity index (χ1v) is 9.24. The van der Waals surface area contributed by atoms with Crippen molar-refractivity contribution in [1.82, 2.24) is 4.31 Å². The predicted octanol–water partition coefficient (Wildman–Crippen LogP) is 2.35. The minimum Gasteiger partial charge on any atom is -0.494 e. The minimum absolute atomic E-state index is 0.0989. The zero-order chi connectivity index (χ0) is 17.0. The standard InChI is InChI=1S/C16H23NO5S/c1-12(2)9-11-22-13-5-7-14(8-6-13)23(20,21)17-10-3-4-15(17)16(18)19/h5-8,12,15H,3-4,9-11H2,1-2H3,(H,18,19)/t15-/m1/s1. The van der Waals surface area contributed by atoms with Crippen LogP contribution in [0, 0.1) is 5.92 Å². The van der Waals surface area contributed by atoms with Gasteiger partial charge >= 0.3 is 5.97 Å². The molecule has 1 fully saturated rings. The molecule has 0 amide bonds. The maximum absolute atomic E-state index is 12.6. The van der Waals surface area contributed by atoms with E-state index < -0.39 is 22.0 Å². The molecule has 1 aromatic rings. The van der Waals surface area contributed by atoms with Crippen LogP contribution in [0.2, 0.25) is 0 Å². The number of sulfonamides is 1. The van der Waals surface area contributed by atoms with E-state index in [4.69, 9.17) is 9.84 Å². The molecule has 128 valence electrons. The number of benzene rings is 1. The van der Waals surface area contributed by atoms with E-state index in [2.05, 4.69) is 13.8 Å². The van der Waals surface area contributed by atoms with Gasteiger partial charge < -0.3 is 9.84 Å². The van der Waals surface area contributed by atoms with Gasteiger partial charge in [-0.2, -0.15) is 4.31 Å². The number of carboxylic acids is 1. The van der Waals surface area contributed by atoms with Crippen LogP contribution in [0.1, 0.15) is 33.1 Å². The highest BCUT2D eigenvalue weighted by atomic mass is 32.2. The van der Waals surface area contributed by atoms with Crippen molar-refractivity contribution in [3.63, 3.8) is 0 Å². The Labute approximate surface area is 137 Å². The van der Waals surface area contributed by atoms with Crippen molar-refractivity contribution < 1.29 is 23.1 Å². The predicted molar refractivity (Wildman–Crippen MR) is 85.9 cm³/mol. The molecule has 1 heterocycles. The molecular weight excluding hydrogens is 318 g/mol. The van der Waals surface area contributed by atoms with Gasteiger partial charge in [0.25, 0.3) is 0 Å². The highest BCUT2D eigenvalue weighted by molar-refractivity contribution is 7.89. The number of ether oxygens (including phenoxy) is 1. The molecule has 1 atom stereocenters. The second kappa shape index (κ2) is 7.31. The van der Waals surface area contributed by atoms with Gasteiger partial charge in [0.2, 0.25) is 10.0 Å². The van der Waals surface area contributed by atoms with Crippen LogP contribution in [-0.4, -0.2) is 43.0 Å². The molecule has 1 saturated heterocycles. The Morgan fingerprint density at radius 3 is 2.57 bits per heavy atom. The summed E-state index contributed by atoms with van der Waals surface area (Å²) in [7, 11) is -3.79. The van der Waals surface area contributed by atoms with Gasteiger partial charge in [0.1, 0.15) is 11.8 Å². The van der Waals surface area contributed by atoms with Crippen LogP contribution in [0.4, 0.5) is 0 Å². The fourth-order valence-electron chi connectivity index (χ4n) is 2.53. The first-order valence-electron chi connectivity index (χ1n) is 7.80. The van der Waals surface area contributed by atoms with E-state index in [0.29, 0.717) is 31.1 Å². The van der Waals surface area contributed by atoms with E-state index in [1.165, 1.54) is 12.1 Å². The molecule has 1 aliphatic rings. The molecule has 1 aliphatic heterocycles. The molecular formula is C16H23NO5S. The van der Waals surface area contributed by atoms with E-state index in [-0.39, 0.29) is 11.4 Å². The maximum atomic E-state index is 12.6. The van der Waals surface area contributed by atoms with E-state index in [0.717, 1.165) is 10.7 Å². The number of hydrogen-bond acceptors (Lipinski definition) is 4. The molecule has 23 heavy (non-hydrogen) atoms. The van der Waals surface area contributed by atoms with Crippen LogP contribution in [-0.2, 0) is 14.8 Å². The summed E-state index contributed by atoms with van der Waals surface area (Å²) in [5, 5.41) is 9.15. The average molecular weight is 341 g/mol. The van der Waals surface area contributed by atoms with E-state index in [1.54, 1.807) is 12.1 Å². The van der Waals surface area contributed by atoms with Crippen LogP contribution in [0.5, 0.6) is 5.75 Å². The van der Waals surface area contributed by atoms with Gasteiger partial charge in [-0.05, 0) is 49.4 Å². The van der Waals surface area contributed by atoms with Gasteiger partial charge in [0, 0.05) is 6.54 Å². The molecule has 0 spiro atoms. The quantitative estimate of drug-likeness (QED) is 0.823. The second-order valence-corrected chi connectivity index (χ2v) is 8.00. The summed E-state index contributed by atoms with van der Waals surface area (Å²) >= 11 is 0. The van der Waals surface area contributed by atoms with Crippen molar-refractivity contribution >= 4 is 16.0 Å². The van der Waals surface area contributed by atoms with Crippen LogP contribution in [0.15, 0.2) is 29.2 Å². The Morgan fingerprint density at radius 2 is 2.00 bits per heavy atom. The van der Waals surface area contributed by atoms with E-state index >= 15 is 0 Å². The second-order valence-electron chi connectivity index (χ2n) is 6.11. The van der Waals surface area contributed by atoms with Gasteiger partial charge in [-0.15, -0.1) is 0 Å². The Hall–Kier alpha value is -1.60. The maximum Gasteiger partial charge on any atom is 0.322 e. The number of carboxylic acid groups (broad SMARTS) is 1. The Bertz CT molecular complexity index is 639. The largest absolute Gasteiger partial charge is 0.494 e. The summed E-state index contributed by atoms with van der Waals surface area (Å²) in [5.41, 5.74) is 0. The minimum atomic E-state index is -3.79. The van der Waals surface area contributed by atoms with Crippen molar-refractivity contribution in [3.05, 3.63) is 24.3 Å². The SMILES string of the molecule is CC(C)CCOc1ccc(S(=O)(=O)N2CCC[C@@H]2C(=O)O)cc1. The number of hydrogen-bond donors (Lipinski definition) is 1. The Kier molecular flexibility index (Phi) is 5.64. The monoisotopic (exact) mass is 341 g/mol. The van der Waals surface area contributed by atoms with Crippen molar-refractivity contribution in [3.8, 4) is 5.75 Å². The average Bonchev–Trinajstić information content (AvgIpc) is 2.98. The number of nitrogens with zero attached hydrogens (tertiary/aromatic N) is 1. The van der Waals surface area contributed by atoms with Crippen molar-refractivity contribution in [2.24, 2.45) is 5.92 Å². The zero-order valence-electron chi connectivity index (χ0n) is 13.4. The number of rotatable bonds is 7. The number of aliphatic carboxylic acids is 1. The molecule has 0 saturated carbocycles. The Balaban J connectivity index is 2.10. The van der Waals surface area contributed by atoms with Gasteiger partial charge in [-0.1, -0.05) is 13.8 Å². The third-order valence-electron chi connectivity index (χ3n) is 3.88. The van der Waals surface area contributed by atoms with Gasteiger partial charge in [0.15, 0.2) is 0 Å².